The summed E-state index contributed by atoms with van der Waals surface area (Å²) in [5, 5.41) is 0. The quantitative estimate of drug-likeness (QED) is 0.345. The van der Waals surface area contributed by atoms with Gasteiger partial charge in [-0.05, 0) is 0 Å². The molecule has 1 radical (unpaired) electrons. The highest BCUT2D eigenvalue weighted by molar-refractivity contribution is 6.04. The van der Waals surface area contributed by atoms with E-state index in [2.05, 4.69) is 0 Å². The Labute approximate surface area is 25.6 Å². The van der Waals surface area contributed by atoms with Gasteiger partial charge in [0.15, 0.2) is 0 Å². The van der Waals surface area contributed by atoms with Crippen molar-refractivity contribution in [3.63, 3.8) is 0 Å². The lowest BCUT2D eigenvalue weighted by molar-refractivity contribution is 0.478. The maximum atomic E-state index is 8.51. The van der Waals surface area contributed by atoms with E-state index in [-0.39, 0.29) is 5.48 Å². The van der Waals surface area contributed by atoms with E-state index in [1.165, 1.54) is 0 Å². The molecule has 0 atom stereocenters. The lowest BCUT2D eigenvalue weighted by Crippen LogP contribution is -1.54. The van der Waals surface area contributed by atoms with Crippen LogP contribution in [0, 0.1) is 0 Å². The van der Waals surface area contributed by atoms with Gasteiger partial charge in [0, 0.05) is 0 Å². The molecule has 0 aromatic heterocycles. The van der Waals surface area contributed by atoms with Gasteiger partial charge in [0.05, 0.1) is 0 Å². The lowest BCUT2D eigenvalue weighted by atomic mass is 15.9. The molecule has 25 valence electrons. The fourth-order valence-electron chi connectivity index (χ4n) is 0. The van der Waals surface area contributed by atoms with Gasteiger partial charge in [0.1, 0.15) is 0 Å². The highest BCUT2D eigenvalue weighted by Crippen LogP contribution is 0.924. The Morgan fingerprint density at radius 3 is 1.75 bits per heavy atom. The average molecular weight is 79.1 g/mol. The van der Waals surface area contributed by atoms with Crippen LogP contribution in [0.15, 0.2) is 0 Å². The molecular formula is H3O3Si. The summed E-state index contributed by atoms with van der Waals surface area (Å²) in [7, 11) is -1.17. The minimum atomic E-state index is -1.17. The van der Waals surface area contributed by atoms with Gasteiger partial charge < -0.3 is 14.7 Å². The van der Waals surface area contributed by atoms with Crippen LogP contribution in [-0.2, 0) is 4.46 Å². The van der Waals surface area contributed by atoms with E-state index >= 15 is 0 Å². The van der Waals surface area contributed by atoms with Crippen LogP contribution < -0.4 is 0 Å². The van der Waals surface area contributed by atoms with E-state index in [0.29, 0.717) is 0 Å². The maximum Gasteiger partial charge on any atom is 0.591 e. The Morgan fingerprint density at radius 1 is 1.75 bits per heavy atom. The van der Waals surface area contributed by atoms with E-state index in [4.69, 9.17) is 9.26 Å². The minimum absolute atomic E-state index is 0. The lowest BCUT2D eigenvalue weighted by Gasteiger charge is -1.28. The van der Waals surface area contributed by atoms with Crippen LogP contribution in [0.1, 0.15) is 0 Å². The Kier molecular flexibility index (Phi) is 33.5. The molecule has 0 spiro atoms. The van der Waals surface area contributed by atoms with Gasteiger partial charge in [-0.2, -0.15) is 0 Å². The van der Waals surface area contributed by atoms with Crippen LogP contribution in [0.5, 0.6) is 0 Å². The van der Waals surface area contributed by atoms with Gasteiger partial charge in [0.2, 0.25) is 0 Å². The van der Waals surface area contributed by atoms with Gasteiger partial charge in [-0.15, -0.1) is 0 Å². The summed E-state index contributed by atoms with van der Waals surface area (Å²) >= 11 is 0. The van der Waals surface area contributed by atoms with Crippen LogP contribution in [0.3, 0.4) is 0 Å². The predicted molar refractivity (Wildman–Crippen MR) is 12.3 cm³/mol. The Bertz CT molecular complexity index is 10.8. The van der Waals surface area contributed by atoms with Crippen molar-refractivity contribution in [2.24, 2.45) is 0 Å². The molecule has 0 heterocycles. The van der Waals surface area contributed by atoms with Crippen molar-refractivity contribution in [3.05, 3.63) is 0 Å². The SMILES string of the molecule is O.O=[Si]O. The third-order valence-corrected chi connectivity index (χ3v) is 0. The molecule has 0 aliphatic carbocycles. The van der Waals surface area contributed by atoms with E-state index in [1.54, 1.807) is 0 Å². The van der Waals surface area contributed by atoms with Crippen molar-refractivity contribution in [3.8, 4) is 0 Å². The third kappa shape index (κ3) is 21.5. The number of hydrogen-bond acceptors (Lipinski definition) is 1. The predicted octanol–water partition coefficient (Wildman–Crippen LogP) is -1.88. The fraction of sp³-hybridized carbons (Fsp3) is 0. The van der Waals surface area contributed by atoms with Crippen molar-refractivity contribution < 1.29 is 14.7 Å². The minimum Gasteiger partial charge on any atom is -0.536 e. The highest BCUT2D eigenvalue weighted by Gasteiger charge is 1.40. The first-order chi connectivity index (χ1) is 1.41. The van der Waals surface area contributed by atoms with Gasteiger partial charge in [-0.25, -0.2) is 0 Å². The van der Waals surface area contributed by atoms with Crippen LogP contribution in [-0.4, -0.2) is 19.9 Å². The topological polar surface area (TPSA) is 68.8 Å². The number of hydrogen-bond donors (Lipinski definition) is 1. The standard InChI is InChI=1S/HO2Si.H2O/c1-3-2;/h1H;1H2. The monoisotopic (exact) mass is 79.0 g/mol. The molecule has 3 N–H and O–H groups in total. The zero-order valence-corrected chi connectivity index (χ0v) is 2.86. The molecule has 0 bridgehead atoms. The van der Waals surface area contributed by atoms with Crippen molar-refractivity contribution in [2.45, 2.75) is 0 Å². The van der Waals surface area contributed by atoms with Gasteiger partial charge in [0.25, 0.3) is 0 Å². The summed E-state index contributed by atoms with van der Waals surface area (Å²) in [6.45, 7) is 0. The first kappa shape index (κ1) is 9.22. The van der Waals surface area contributed by atoms with Gasteiger partial charge in [-0.1, -0.05) is 0 Å². The average Bonchev–Trinajstić information content (AvgIpc) is 0.918. The normalized spacial score (nSPS) is 3.00. The van der Waals surface area contributed by atoms with Gasteiger partial charge in [-0.3, -0.25) is 0 Å². The summed E-state index contributed by atoms with van der Waals surface area (Å²) in [4.78, 5) is 7.04. The molecule has 4 heavy (non-hydrogen) atoms. The van der Waals surface area contributed by atoms with Crippen LogP contribution >= 0.6 is 0 Å². The molecule has 3 nitrogen and oxygen atoms in total. The maximum absolute atomic E-state index is 8.51. The second-order valence-electron chi connectivity index (χ2n) is 0.0913. The van der Waals surface area contributed by atoms with Crippen LogP contribution in [0.2, 0.25) is 0 Å². The summed E-state index contributed by atoms with van der Waals surface area (Å²) in [6, 6.07) is 0. The van der Waals surface area contributed by atoms with E-state index < -0.39 is 9.65 Å². The molecule has 0 aromatic rings. The first-order valence-electron chi connectivity index (χ1n) is 0.428. The molecule has 0 aromatic carbocycles. The molecule has 0 unspecified atom stereocenters. The van der Waals surface area contributed by atoms with Crippen molar-refractivity contribution in [1.82, 2.24) is 0 Å². The van der Waals surface area contributed by atoms with Gasteiger partial charge >= 0.3 is 9.65 Å². The summed E-state index contributed by atoms with van der Waals surface area (Å²) < 4.78 is 8.51. The van der Waals surface area contributed by atoms with Crippen molar-refractivity contribution in [1.29, 1.82) is 0 Å². The molecule has 0 rings (SSSR count). The Morgan fingerprint density at radius 2 is 1.75 bits per heavy atom. The Hall–Kier alpha value is -0.223. The number of rotatable bonds is 0. The molecule has 0 aliphatic heterocycles. The second-order valence-corrected chi connectivity index (χ2v) is 0.274. The first-order valence-corrected chi connectivity index (χ1v) is 1.28. The third-order valence-electron chi connectivity index (χ3n) is 0. The largest absolute Gasteiger partial charge is 0.591 e. The molecule has 0 saturated heterocycles. The van der Waals surface area contributed by atoms with E-state index in [0.717, 1.165) is 0 Å². The molecule has 0 fully saturated rings. The zero-order chi connectivity index (χ0) is 2.71. The zero-order valence-electron chi connectivity index (χ0n) is 1.86. The smallest absolute Gasteiger partial charge is 0.536 e. The highest BCUT2D eigenvalue weighted by atomic mass is 28.2. The molecular weight excluding hydrogens is 76.1 g/mol. The summed E-state index contributed by atoms with van der Waals surface area (Å²) in [6.07, 6.45) is 0. The second kappa shape index (κ2) is 14.5. The van der Waals surface area contributed by atoms with Crippen LogP contribution in [0.25, 0.3) is 0 Å². The molecule has 0 aliphatic rings. The van der Waals surface area contributed by atoms with Crippen molar-refractivity contribution in [2.75, 3.05) is 0 Å². The molecule has 0 saturated carbocycles. The van der Waals surface area contributed by atoms with Crippen LogP contribution in [0.4, 0.5) is 0 Å². The van der Waals surface area contributed by atoms with E-state index in [1.807, 2.05) is 0 Å². The summed E-state index contributed by atoms with van der Waals surface area (Å²) in [5.74, 6) is 0. The fourth-order valence-corrected chi connectivity index (χ4v) is 0. The van der Waals surface area contributed by atoms with Crippen molar-refractivity contribution >= 4 is 9.65 Å². The van der Waals surface area contributed by atoms with E-state index in [9.17, 15) is 0 Å². The Balaban J connectivity index is 0. The molecule has 0 amide bonds. The molecule has 4 heteroatoms. The summed E-state index contributed by atoms with van der Waals surface area (Å²) in [5.41, 5.74) is 0.